The van der Waals surface area contributed by atoms with Crippen LogP contribution in [-0.2, 0) is 11.2 Å². The number of ether oxygens (including phenoxy) is 1. The summed E-state index contributed by atoms with van der Waals surface area (Å²) in [4.78, 5) is 0. The summed E-state index contributed by atoms with van der Waals surface area (Å²) >= 11 is 0. The van der Waals surface area contributed by atoms with Gasteiger partial charge in [0.1, 0.15) is 0 Å². The van der Waals surface area contributed by atoms with Crippen LogP contribution in [-0.4, -0.2) is 19.7 Å². The van der Waals surface area contributed by atoms with Crippen LogP contribution in [0.1, 0.15) is 37.5 Å². The van der Waals surface area contributed by atoms with Crippen molar-refractivity contribution in [3.63, 3.8) is 0 Å². The minimum atomic E-state index is 0.291. The van der Waals surface area contributed by atoms with E-state index in [2.05, 4.69) is 43.4 Å². The summed E-state index contributed by atoms with van der Waals surface area (Å²) in [5, 5.41) is 3.48. The first-order valence-corrected chi connectivity index (χ1v) is 6.67. The number of benzene rings is 1. The van der Waals surface area contributed by atoms with E-state index < -0.39 is 0 Å². The van der Waals surface area contributed by atoms with E-state index in [0.717, 1.165) is 38.5 Å². The zero-order chi connectivity index (χ0) is 12.1. The fraction of sp³-hybridized carbons (Fsp3) is 0.600. The molecule has 0 aliphatic carbocycles. The third-order valence-corrected chi connectivity index (χ3v) is 3.23. The van der Waals surface area contributed by atoms with E-state index in [1.165, 1.54) is 11.1 Å². The molecule has 1 aromatic rings. The Morgan fingerprint density at radius 3 is 3.00 bits per heavy atom. The molecular weight excluding hydrogens is 210 g/mol. The van der Waals surface area contributed by atoms with Gasteiger partial charge in [-0.1, -0.05) is 38.1 Å². The molecule has 17 heavy (non-hydrogen) atoms. The van der Waals surface area contributed by atoms with Gasteiger partial charge in [0, 0.05) is 0 Å². The molecule has 0 saturated carbocycles. The second-order valence-corrected chi connectivity index (χ2v) is 5.19. The predicted octanol–water partition coefficient (Wildman–Crippen LogP) is 2.94. The Morgan fingerprint density at radius 2 is 2.18 bits per heavy atom. The minimum absolute atomic E-state index is 0.291. The molecule has 2 nitrogen and oxygen atoms in total. The van der Waals surface area contributed by atoms with Crippen LogP contribution in [0, 0.1) is 5.92 Å². The molecule has 0 amide bonds. The standard InChI is InChI=1S/C15H23NO/c1-12(2)11-16-9-7-15-14-6-4-3-5-13(14)8-10-17-15/h3-6,12,15-16H,7-11H2,1-2H3. The van der Waals surface area contributed by atoms with Crippen molar-refractivity contribution >= 4 is 0 Å². The molecule has 0 radical (unpaired) electrons. The van der Waals surface area contributed by atoms with Crippen LogP contribution in [0.25, 0.3) is 0 Å². The predicted molar refractivity (Wildman–Crippen MR) is 71.2 cm³/mol. The highest BCUT2D eigenvalue weighted by atomic mass is 16.5. The first-order valence-electron chi connectivity index (χ1n) is 6.67. The van der Waals surface area contributed by atoms with Gasteiger partial charge in [0.25, 0.3) is 0 Å². The van der Waals surface area contributed by atoms with Crippen LogP contribution in [0.3, 0.4) is 0 Å². The Kier molecular flexibility index (Phi) is 4.57. The van der Waals surface area contributed by atoms with Crippen LogP contribution in [0.5, 0.6) is 0 Å². The highest BCUT2D eigenvalue weighted by Gasteiger charge is 2.19. The van der Waals surface area contributed by atoms with Gasteiger partial charge in [-0.3, -0.25) is 0 Å². The Hall–Kier alpha value is -0.860. The Balaban J connectivity index is 1.86. The number of hydrogen-bond donors (Lipinski definition) is 1. The van der Waals surface area contributed by atoms with Crippen LogP contribution in [0.4, 0.5) is 0 Å². The quantitative estimate of drug-likeness (QED) is 0.790. The Morgan fingerprint density at radius 1 is 1.35 bits per heavy atom. The normalized spacial score (nSPS) is 19.4. The molecule has 1 aliphatic heterocycles. The first kappa shape index (κ1) is 12.6. The van der Waals surface area contributed by atoms with Crippen molar-refractivity contribution in [3.8, 4) is 0 Å². The maximum Gasteiger partial charge on any atom is 0.0839 e. The molecule has 0 saturated heterocycles. The van der Waals surface area contributed by atoms with Crippen LogP contribution < -0.4 is 5.32 Å². The molecule has 0 fully saturated rings. The second kappa shape index (κ2) is 6.18. The average Bonchev–Trinajstić information content (AvgIpc) is 2.34. The van der Waals surface area contributed by atoms with E-state index in [1.54, 1.807) is 0 Å². The summed E-state index contributed by atoms with van der Waals surface area (Å²) in [6.45, 7) is 7.47. The van der Waals surface area contributed by atoms with Gasteiger partial charge >= 0.3 is 0 Å². The molecule has 0 aromatic heterocycles. The summed E-state index contributed by atoms with van der Waals surface area (Å²) in [6, 6.07) is 8.67. The summed E-state index contributed by atoms with van der Waals surface area (Å²) in [5.41, 5.74) is 2.86. The van der Waals surface area contributed by atoms with E-state index >= 15 is 0 Å². The number of nitrogens with one attached hydrogen (secondary N) is 1. The third kappa shape index (κ3) is 3.55. The van der Waals surface area contributed by atoms with E-state index in [-0.39, 0.29) is 0 Å². The van der Waals surface area contributed by atoms with Gasteiger partial charge < -0.3 is 10.1 Å². The first-order chi connectivity index (χ1) is 8.27. The number of hydrogen-bond acceptors (Lipinski definition) is 2. The fourth-order valence-electron chi connectivity index (χ4n) is 2.34. The maximum atomic E-state index is 5.87. The van der Waals surface area contributed by atoms with E-state index in [9.17, 15) is 0 Å². The van der Waals surface area contributed by atoms with Crippen molar-refractivity contribution in [2.24, 2.45) is 5.92 Å². The molecule has 1 aliphatic rings. The van der Waals surface area contributed by atoms with Crippen LogP contribution in [0.2, 0.25) is 0 Å². The fourth-order valence-corrected chi connectivity index (χ4v) is 2.34. The molecule has 2 heteroatoms. The van der Waals surface area contributed by atoms with Crippen molar-refractivity contribution in [3.05, 3.63) is 35.4 Å². The Labute approximate surface area is 104 Å². The van der Waals surface area contributed by atoms with Crippen LogP contribution >= 0.6 is 0 Å². The lowest BCUT2D eigenvalue weighted by atomic mass is 9.96. The molecule has 1 atom stereocenters. The van der Waals surface area contributed by atoms with Crippen molar-refractivity contribution in [1.29, 1.82) is 0 Å². The maximum absolute atomic E-state index is 5.87. The van der Waals surface area contributed by atoms with E-state index in [4.69, 9.17) is 4.74 Å². The zero-order valence-corrected chi connectivity index (χ0v) is 10.9. The van der Waals surface area contributed by atoms with Crippen LogP contribution in [0.15, 0.2) is 24.3 Å². The zero-order valence-electron chi connectivity index (χ0n) is 10.9. The molecule has 1 unspecified atom stereocenters. The highest BCUT2D eigenvalue weighted by molar-refractivity contribution is 5.30. The largest absolute Gasteiger partial charge is 0.373 e. The van der Waals surface area contributed by atoms with Crippen molar-refractivity contribution in [2.75, 3.05) is 19.7 Å². The summed E-state index contributed by atoms with van der Waals surface area (Å²) in [6.07, 6.45) is 2.43. The van der Waals surface area contributed by atoms with Crippen molar-refractivity contribution < 1.29 is 4.74 Å². The lowest BCUT2D eigenvalue weighted by Gasteiger charge is -2.26. The van der Waals surface area contributed by atoms with Gasteiger partial charge in [0.05, 0.1) is 12.7 Å². The highest BCUT2D eigenvalue weighted by Crippen LogP contribution is 2.28. The summed E-state index contributed by atoms with van der Waals surface area (Å²) in [5.74, 6) is 0.717. The van der Waals surface area contributed by atoms with E-state index in [0.29, 0.717) is 6.10 Å². The lowest BCUT2D eigenvalue weighted by molar-refractivity contribution is 0.0367. The summed E-state index contributed by atoms with van der Waals surface area (Å²) < 4.78 is 5.87. The monoisotopic (exact) mass is 233 g/mol. The molecule has 1 heterocycles. The number of rotatable bonds is 5. The smallest absolute Gasteiger partial charge is 0.0839 e. The van der Waals surface area contributed by atoms with Gasteiger partial charge in [-0.05, 0) is 43.0 Å². The second-order valence-electron chi connectivity index (χ2n) is 5.19. The van der Waals surface area contributed by atoms with Gasteiger partial charge in [-0.15, -0.1) is 0 Å². The van der Waals surface area contributed by atoms with Gasteiger partial charge in [0.2, 0.25) is 0 Å². The molecule has 2 rings (SSSR count). The molecule has 0 spiro atoms. The average molecular weight is 233 g/mol. The molecule has 94 valence electrons. The SMILES string of the molecule is CC(C)CNCCC1OCCc2ccccc21. The van der Waals surface area contributed by atoms with Gasteiger partial charge in [0.15, 0.2) is 0 Å². The molecule has 1 N–H and O–H groups in total. The minimum Gasteiger partial charge on any atom is -0.373 e. The van der Waals surface area contributed by atoms with Crippen molar-refractivity contribution in [2.45, 2.75) is 32.8 Å². The van der Waals surface area contributed by atoms with E-state index in [1.807, 2.05) is 0 Å². The molecule has 1 aromatic carbocycles. The van der Waals surface area contributed by atoms with Gasteiger partial charge in [-0.2, -0.15) is 0 Å². The molecular formula is C15H23NO. The van der Waals surface area contributed by atoms with Gasteiger partial charge in [-0.25, -0.2) is 0 Å². The topological polar surface area (TPSA) is 21.3 Å². The third-order valence-electron chi connectivity index (χ3n) is 3.23. The number of fused-ring (bicyclic) bond motifs is 1. The van der Waals surface area contributed by atoms with Crippen molar-refractivity contribution in [1.82, 2.24) is 5.32 Å². The summed E-state index contributed by atoms with van der Waals surface area (Å²) in [7, 11) is 0. The molecule has 0 bridgehead atoms. The lowest BCUT2D eigenvalue weighted by Crippen LogP contribution is -2.25. The Bertz CT molecular complexity index is 349.